The van der Waals surface area contributed by atoms with Crippen LogP contribution in [0.15, 0.2) is 4.99 Å². The summed E-state index contributed by atoms with van der Waals surface area (Å²) in [6.07, 6.45) is 5.52. The van der Waals surface area contributed by atoms with Crippen molar-refractivity contribution in [1.29, 1.82) is 0 Å². The Balaban J connectivity index is 2.37. The third-order valence-electron chi connectivity index (χ3n) is 4.38. The summed E-state index contributed by atoms with van der Waals surface area (Å²) in [4.78, 5) is 7.18. The van der Waals surface area contributed by atoms with Crippen molar-refractivity contribution in [2.75, 3.05) is 26.7 Å². The van der Waals surface area contributed by atoms with E-state index in [-0.39, 0.29) is 0 Å². The largest absolute Gasteiger partial charge is 0.357 e. The third kappa shape index (κ3) is 6.12. The van der Waals surface area contributed by atoms with Crippen molar-refractivity contribution in [1.82, 2.24) is 15.5 Å². The Morgan fingerprint density at radius 1 is 1.25 bits per heavy atom. The van der Waals surface area contributed by atoms with Gasteiger partial charge in [0.15, 0.2) is 5.96 Å². The van der Waals surface area contributed by atoms with E-state index in [0.29, 0.717) is 12.0 Å². The lowest BCUT2D eigenvalue weighted by Crippen LogP contribution is -2.44. The highest BCUT2D eigenvalue weighted by Gasteiger charge is 2.18. The summed E-state index contributed by atoms with van der Waals surface area (Å²) >= 11 is 0. The van der Waals surface area contributed by atoms with E-state index in [4.69, 9.17) is 4.99 Å². The van der Waals surface area contributed by atoms with Gasteiger partial charge in [0.1, 0.15) is 0 Å². The quantitative estimate of drug-likeness (QED) is 0.556. The monoisotopic (exact) mass is 282 g/mol. The zero-order valence-corrected chi connectivity index (χ0v) is 14.1. The lowest BCUT2D eigenvalue weighted by atomic mass is 10.1. The molecule has 0 saturated heterocycles. The number of likely N-dealkylation sites (N-methyl/N-ethyl adjacent to an activating group) is 1. The molecule has 1 rings (SSSR count). The molecule has 0 aromatic carbocycles. The summed E-state index contributed by atoms with van der Waals surface area (Å²) in [5, 5.41) is 6.81. The van der Waals surface area contributed by atoms with Crippen molar-refractivity contribution < 1.29 is 0 Å². The minimum absolute atomic E-state index is 0.445. The van der Waals surface area contributed by atoms with Crippen LogP contribution in [-0.4, -0.2) is 49.6 Å². The number of nitrogens with one attached hydrogen (secondary N) is 2. The van der Waals surface area contributed by atoms with E-state index in [0.717, 1.165) is 31.6 Å². The normalized spacial score (nSPS) is 18.9. The van der Waals surface area contributed by atoms with Crippen LogP contribution in [0.25, 0.3) is 0 Å². The van der Waals surface area contributed by atoms with Gasteiger partial charge in [-0.3, -0.25) is 4.99 Å². The van der Waals surface area contributed by atoms with Gasteiger partial charge in [0.2, 0.25) is 0 Å². The van der Waals surface area contributed by atoms with Crippen LogP contribution in [0.2, 0.25) is 0 Å². The summed E-state index contributed by atoms with van der Waals surface area (Å²) in [6.45, 7) is 11.6. The molecule has 0 aromatic rings. The van der Waals surface area contributed by atoms with Crippen LogP contribution in [0.3, 0.4) is 0 Å². The molecule has 1 atom stereocenters. The average molecular weight is 282 g/mol. The molecule has 4 nitrogen and oxygen atoms in total. The lowest BCUT2D eigenvalue weighted by Gasteiger charge is -2.24. The molecule has 2 N–H and O–H groups in total. The molecule has 118 valence electrons. The predicted octanol–water partition coefficient (Wildman–Crippen LogP) is 2.46. The molecule has 4 heteroatoms. The number of guanidine groups is 1. The summed E-state index contributed by atoms with van der Waals surface area (Å²) in [7, 11) is 2.24. The van der Waals surface area contributed by atoms with Crippen molar-refractivity contribution in [2.45, 2.75) is 65.5 Å². The molecule has 0 aromatic heterocycles. The lowest BCUT2D eigenvalue weighted by molar-refractivity contribution is 0.252. The molecule has 0 heterocycles. The maximum Gasteiger partial charge on any atom is 0.191 e. The van der Waals surface area contributed by atoms with E-state index in [9.17, 15) is 0 Å². The zero-order valence-electron chi connectivity index (χ0n) is 14.1. The highest BCUT2D eigenvalue weighted by molar-refractivity contribution is 5.80. The standard InChI is InChI=1S/C16H34N4/c1-6-17-16(19-14(4)13(2)3)18-11-12-20(5)15-9-7-8-10-15/h13-15H,6-12H2,1-5H3,(H2,17,18,19). The van der Waals surface area contributed by atoms with Crippen molar-refractivity contribution in [3.63, 3.8) is 0 Å². The highest BCUT2D eigenvalue weighted by Crippen LogP contribution is 2.21. The SMILES string of the molecule is CCNC(=NCCN(C)C1CCCC1)NC(C)C(C)C. The number of aliphatic imine (C=N–C) groups is 1. The van der Waals surface area contributed by atoms with E-state index >= 15 is 0 Å². The van der Waals surface area contributed by atoms with Crippen LogP contribution < -0.4 is 10.6 Å². The van der Waals surface area contributed by atoms with Crippen molar-refractivity contribution >= 4 is 5.96 Å². The van der Waals surface area contributed by atoms with Gasteiger partial charge in [-0.1, -0.05) is 26.7 Å². The maximum atomic E-state index is 4.70. The molecule has 0 bridgehead atoms. The van der Waals surface area contributed by atoms with Crippen LogP contribution in [0.4, 0.5) is 0 Å². The first-order valence-electron chi connectivity index (χ1n) is 8.29. The van der Waals surface area contributed by atoms with Crippen LogP contribution in [0, 0.1) is 5.92 Å². The Morgan fingerprint density at radius 2 is 1.90 bits per heavy atom. The Labute approximate surface area is 125 Å². The van der Waals surface area contributed by atoms with E-state index in [1.54, 1.807) is 0 Å². The van der Waals surface area contributed by atoms with Crippen LogP contribution in [0.5, 0.6) is 0 Å². The first-order chi connectivity index (χ1) is 9.54. The fourth-order valence-electron chi connectivity index (χ4n) is 2.55. The Hall–Kier alpha value is -0.770. The van der Waals surface area contributed by atoms with Gasteiger partial charge in [0.05, 0.1) is 6.54 Å². The molecule has 1 aliphatic rings. The smallest absolute Gasteiger partial charge is 0.191 e. The summed E-state index contributed by atoms with van der Waals surface area (Å²) < 4.78 is 0. The molecule has 1 aliphatic carbocycles. The van der Waals surface area contributed by atoms with Gasteiger partial charge < -0.3 is 15.5 Å². The minimum Gasteiger partial charge on any atom is -0.357 e. The Kier molecular flexibility index (Phi) is 7.97. The van der Waals surface area contributed by atoms with Crippen LogP contribution >= 0.6 is 0 Å². The number of hydrogen-bond donors (Lipinski definition) is 2. The zero-order chi connectivity index (χ0) is 15.0. The summed E-state index contributed by atoms with van der Waals surface area (Å²) in [6, 6.07) is 1.23. The highest BCUT2D eigenvalue weighted by atomic mass is 15.2. The van der Waals surface area contributed by atoms with Gasteiger partial charge in [-0.2, -0.15) is 0 Å². The second-order valence-corrected chi connectivity index (χ2v) is 6.36. The van der Waals surface area contributed by atoms with Gasteiger partial charge in [-0.15, -0.1) is 0 Å². The van der Waals surface area contributed by atoms with Gasteiger partial charge in [0, 0.05) is 25.2 Å². The first kappa shape index (κ1) is 17.3. The van der Waals surface area contributed by atoms with Crippen molar-refractivity contribution in [3.8, 4) is 0 Å². The molecular formula is C16H34N4. The van der Waals surface area contributed by atoms with Crippen LogP contribution in [0.1, 0.15) is 53.4 Å². The second kappa shape index (κ2) is 9.22. The van der Waals surface area contributed by atoms with Gasteiger partial charge in [0.25, 0.3) is 0 Å². The molecule has 1 fully saturated rings. The maximum absolute atomic E-state index is 4.70. The van der Waals surface area contributed by atoms with Crippen molar-refractivity contribution in [2.24, 2.45) is 10.9 Å². The van der Waals surface area contributed by atoms with E-state index in [1.165, 1.54) is 25.7 Å². The number of hydrogen-bond acceptors (Lipinski definition) is 2. The Bertz CT molecular complexity index is 282. The predicted molar refractivity (Wildman–Crippen MR) is 88.3 cm³/mol. The van der Waals surface area contributed by atoms with E-state index in [1.807, 2.05) is 0 Å². The molecular weight excluding hydrogens is 248 g/mol. The first-order valence-corrected chi connectivity index (χ1v) is 8.29. The number of nitrogens with zero attached hydrogens (tertiary/aromatic N) is 2. The van der Waals surface area contributed by atoms with Gasteiger partial charge in [-0.05, 0) is 39.7 Å². The fraction of sp³-hybridized carbons (Fsp3) is 0.938. The molecule has 1 saturated carbocycles. The van der Waals surface area contributed by atoms with Gasteiger partial charge >= 0.3 is 0 Å². The summed E-state index contributed by atoms with van der Waals surface area (Å²) in [5.41, 5.74) is 0. The molecule has 0 amide bonds. The minimum atomic E-state index is 0.445. The fourth-order valence-corrected chi connectivity index (χ4v) is 2.55. The summed E-state index contributed by atoms with van der Waals surface area (Å²) in [5.74, 6) is 1.56. The topological polar surface area (TPSA) is 39.7 Å². The molecule has 0 radical (unpaired) electrons. The van der Waals surface area contributed by atoms with E-state index < -0.39 is 0 Å². The van der Waals surface area contributed by atoms with Gasteiger partial charge in [-0.25, -0.2) is 0 Å². The third-order valence-corrected chi connectivity index (χ3v) is 4.38. The molecule has 20 heavy (non-hydrogen) atoms. The van der Waals surface area contributed by atoms with Crippen LogP contribution in [-0.2, 0) is 0 Å². The Morgan fingerprint density at radius 3 is 2.45 bits per heavy atom. The average Bonchev–Trinajstić information content (AvgIpc) is 2.92. The number of rotatable bonds is 7. The van der Waals surface area contributed by atoms with E-state index in [2.05, 4.69) is 50.3 Å². The molecule has 0 aliphatic heterocycles. The molecule has 1 unspecified atom stereocenters. The second-order valence-electron chi connectivity index (χ2n) is 6.36. The van der Waals surface area contributed by atoms with Crippen molar-refractivity contribution in [3.05, 3.63) is 0 Å². The molecule has 0 spiro atoms.